The number of thioether (sulfide) groups is 1. The smallest absolute Gasteiger partial charge is 0.267 e. The summed E-state index contributed by atoms with van der Waals surface area (Å²) in [6.07, 6.45) is 1.66. The van der Waals surface area contributed by atoms with Crippen LogP contribution in [0.5, 0.6) is 0 Å². The summed E-state index contributed by atoms with van der Waals surface area (Å²) < 4.78 is 1.48. The molecule has 0 spiro atoms. The maximum absolute atomic E-state index is 13.1. The lowest BCUT2D eigenvalue weighted by Crippen LogP contribution is -2.31. The highest BCUT2D eigenvalue weighted by Gasteiger charge is 2.20. The normalized spacial score (nSPS) is 12.1. The number of rotatable bonds is 5. The highest BCUT2D eigenvalue weighted by molar-refractivity contribution is 8.00. The van der Waals surface area contributed by atoms with Crippen LogP contribution in [0.3, 0.4) is 0 Å². The number of fused-ring (bicyclic) bond motifs is 1. The maximum Gasteiger partial charge on any atom is 0.267 e. The molecule has 1 atom stereocenters. The Morgan fingerprint density at radius 1 is 1.31 bits per heavy atom. The Kier molecular flexibility index (Phi) is 5.37. The first-order valence-corrected chi connectivity index (χ1v) is 9.28. The maximum atomic E-state index is 13.1. The van der Waals surface area contributed by atoms with Crippen LogP contribution < -0.4 is 10.9 Å². The van der Waals surface area contributed by atoms with Gasteiger partial charge >= 0.3 is 0 Å². The fourth-order valence-electron chi connectivity index (χ4n) is 2.57. The van der Waals surface area contributed by atoms with Crippen molar-refractivity contribution in [3.63, 3.8) is 0 Å². The van der Waals surface area contributed by atoms with Crippen molar-refractivity contribution >= 4 is 28.6 Å². The molecule has 0 aliphatic carbocycles. The predicted octanol–water partition coefficient (Wildman–Crippen LogP) is 2.71. The van der Waals surface area contributed by atoms with Crippen molar-refractivity contribution in [2.75, 3.05) is 6.54 Å². The van der Waals surface area contributed by atoms with E-state index in [-0.39, 0.29) is 16.7 Å². The van der Waals surface area contributed by atoms with Crippen LogP contribution in [0.2, 0.25) is 0 Å². The molecule has 26 heavy (non-hydrogen) atoms. The largest absolute Gasteiger partial charge is 0.355 e. The average Bonchev–Trinajstić information content (AvgIpc) is 2.62. The van der Waals surface area contributed by atoms with Crippen LogP contribution in [0.4, 0.5) is 0 Å². The Balaban J connectivity index is 2.18. The van der Waals surface area contributed by atoms with Crippen LogP contribution in [0.25, 0.3) is 16.7 Å². The SMILES string of the molecule is CCNC(=O)[C@H](C)Sc1nc2ccccc2c(=O)n1-c1cc(C)ccn1. The Morgan fingerprint density at radius 3 is 2.81 bits per heavy atom. The molecule has 0 unspecified atom stereocenters. The number of aromatic nitrogens is 3. The minimum atomic E-state index is -0.390. The molecule has 0 aliphatic heterocycles. The summed E-state index contributed by atoms with van der Waals surface area (Å²) in [7, 11) is 0. The number of nitrogens with one attached hydrogen (secondary N) is 1. The van der Waals surface area contributed by atoms with E-state index in [0.29, 0.717) is 28.4 Å². The molecule has 0 aliphatic rings. The summed E-state index contributed by atoms with van der Waals surface area (Å²) in [6.45, 7) is 6.16. The van der Waals surface area contributed by atoms with Crippen molar-refractivity contribution in [3.8, 4) is 5.82 Å². The van der Waals surface area contributed by atoms with Gasteiger partial charge in [-0.25, -0.2) is 14.5 Å². The van der Waals surface area contributed by atoms with E-state index >= 15 is 0 Å². The number of amides is 1. The Hall–Kier alpha value is -2.67. The fraction of sp³-hybridized carbons (Fsp3) is 0.263. The van der Waals surface area contributed by atoms with Crippen LogP contribution in [0.15, 0.2) is 52.5 Å². The first kappa shape index (κ1) is 18.1. The summed E-state index contributed by atoms with van der Waals surface area (Å²) in [6, 6.07) is 10.9. The number of para-hydroxylation sites is 1. The van der Waals surface area contributed by atoms with E-state index in [0.717, 1.165) is 5.56 Å². The summed E-state index contributed by atoms with van der Waals surface area (Å²) in [5.74, 6) is 0.405. The molecule has 3 rings (SSSR count). The summed E-state index contributed by atoms with van der Waals surface area (Å²) in [4.78, 5) is 34.2. The number of benzene rings is 1. The van der Waals surface area contributed by atoms with E-state index < -0.39 is 0 Å². The highest BCUT2D eigenvalue weighted by atomic mass is 32.2. The predicted molar refractivity (Wildman–Crippen MR) is 104 cm³/mol. The second-order valence-corrected chi connectivity index (χ2v) is 7.21. The lowest BCUT2D eigenvalue weighted by molar-refractivity contribution is -0.120. The number of carbonyl (C=O) groups is 1. The molecule has 0 fully saturated rings. The molecule has 2 aromatic heterocycles. The highest BCUT2D eigenvalue weighted by Crippen LogP contribution is 2.24. The van der Waals surface area contributed by atoms with Crippen LogP contribution in [-0.4, -0.2) is 32.2 Å². The summed E-state index contributed by atoms with van der Waals surface area (Å²) in [5, 5.41) is 3.37. The average molecular weight is 368 g/mol. The molecule has 0 bridgehead atoms. The van der Waals surface area contributed by atoms with Crippen LogP contribution in [0.1, 0.15) is 19.4 Å². The first-order valence-electron chi connectivity index (χ1n) is 8.40. The van der Waals surface area contributed by atoms with Gasteiger partial charge in [0, 0.05) is 12.7 Å². The van der Waals surface area contributed by atoms with Gasteiger partial charge in [0.05, 0.1) is 16.2 Å². The zero-order chi connectivity index (χ0) is 18.7. The first-order chi connectivity index (χ1) is 12.5. The Labute approximate surface area is 155 Å². The van der Waals surface area contributed by atoms with Crippen molar-refractivity contribution in [3.05, 3.63) is 58.5 Å². The van der Waals surface area contributed by atoms with Crippen molar-refractivity contribution in [1.29, 1.82) is 0 Å². The zero-order valence-corrected chi connectivity index (χ0v) is 15.7. The molecular weight excluding hydrogens is 348 g/mol. The molecule has 0 radical (unpaired) electrons. The molecule has 6 nitrogen and oxygen atoms in total. The van der Waals surface area contributed by atoms with Gasteiger partial charge in [-0.2, -0.15) is 0 Å². The monoisotopic (exact) mass is 368 g/mol. The van der Waals surface area contributed by atoms with Crippen LogP contribution in [0, 0.1) is 6.92 Å². The van der Waals surface area contributed by atoms with Crippen molar-refractivity contribution in [2.24, 2.45) is 0 Å². The molecule has 1 N–H and O–H groups in total. The minimum absolute atomic E-state index is 0.0938. The van der Waals surface area contributed by atoms with Crippen molar-refractivity contribution in [1.82, 2.24) is 19.9 Å². The zero-order valence-electron chi connectivity index (χ0n) is 14.9. The van der Waals surface area contributed by atoms with E-state index in [1.807, 2.05) is 38.1 Å². The lowest BCUT2D eigenvalue weighted by Gasteiger charge is -2.15. The van der Waals surface area contributed by atoms with Gasteiger partial charge < -0.3 is 5.32 Å². The van der Waals surface area contributed by atoms with Crippen LogP contribution in [-0.2, 0) is 4.79 Å². The quantitative estimate of drug-likeness (QED) is 0.553. The van der Waals surface area contributed by atoms with E-state index in [1.165, 1.54) is 16.3 Å². The van der Waals surface area contributed by atoms with E-state index in [4.69, 9.17) is 0 Å². The third-order valence-electron chi connectivity index (χ3n) is 3.88. The Morgan fingerprint density at radius 2 is 2.08 bits per heavy atom. The second-order valence-electron chi connectivity index (χ2n) is 5.90. The Bertz CT molecular complexity index is 1020. The molecule has 2 heterocycles. The van der Waals surface area contributed by atoms with Gasteiger partial charge in [-0.05, 0) is 50.6 Å². The molecular formula is C19H20N4O2S. The molecule has 134 valence electrons. The van der Waals surface area contributed by atoms with E-state index in [1.54, 1.807) is 25.3 Å². The third-order valence-corrected chi connectivity index (χ3v) is 4.93. The van der Waals surface area contributed by atoms with Gasteiger partial charge in [0.2, 0.25) is 5.91 Å². The number of hydrogen-bond donors (Lipinski definition) is 1. The van der Waals surface area contributed by atoms with Gasteiger partial charge in [-0.3, -0.25) is 9.59 Å². The fourth-order valence-corrected chi connectivity index (χ4v) is 3.51. The number of carbonyl (C=O) groups excluding carboxylic acids is 1. The molecule has 0 saturated heterocycles. The molecule has 3 aromatic rings. The number of nitrogens with zero attached hydrogens (tertiary/aromatic N) is 3. The molecule has 1 amide bonds. The molecule has 0 saturated carbocycles. The third kappa shape index (κ3) is 3.62. The van der Waals surface area contributed by atoms with Gasteiger partial charge in [-0.15, -0.1) is 0 Å². The summed E-state index contributed by atoms with van der Waals surface area (Å²) >= 11 is 1.25. The van der Waals surface area contributed by atoms with Gasteiger partial charge in [0.25, 0.3) is 5.56 Å². The molecule has 7 heteroatoms. The van der Waals surface area contributed by atoms with Gasteiger partial charge in [-0.1, -0.05) is 23.9 Å². The topological polar surface area (TPSA) is 76.9 Å². The minimum Gasteiger partial charge on any atom is -0.355 e. The van der Waals surface area contributed by atoms with Crippen molar-refractivity contribution in [2.45, 2.75) is 31.2 Å². The van der Waals surface area contributed by atoms with Gasteiger partial charge in [0.15, 0.2) is 5.16 Å². The molecule has 1 aromatic carbocycles. The number of aryl methyl sites for hydroxylation is 1. The lowest BCUT2D eigenvalue weighted by atomic mass is 10.2. The number of pyridine rings is 1. The van der Waals surface area contributed by atoms with E-state index in [9.17, 15) is 9.59 Å². The van der Waals surface area contributed by atoms with E-state index in [2.05, 4.69) is 15.3 Å². The van der Waals surface area contributed by atoms with Gasteiger partial charge in [0.1, 0.15) is 5.82 Å². The standard InChI is InChI=1S/C19H20N4O2S/c1-4-20-17(24)13(3)26-19-22-15-8-6-5-7-14(15)18(25)23(19)16-11-12(2)9-10-21-16/h5-11,13H,4H2,1-3H3,(H,20,24)/t13-/m0/s1. The van der Waals surface area contributed by atoms with Crippen LogP contribution >= 0.6 is 11.8 Å². The summed E-state index contributed by atoms with van der Waals surface area (Å²) in [5.41, 5.74) is 1.40. The second kappa shape index (κ2) is 7.70. The van der Waals surface area contributed by atoms with Crippen molar-refractivity contribution < 1.29 is 4.79 Å². The number of hydrogen-bond acceptors (Lipinski definition) is 5.